The van der Waals surface area contributed by atoms with E-state index in [-0.39, 0.29) is 12.3 Å². The first kappa shape index (κ1) is 24.6. The van der Waals surface area contributed by atoms with Crippen LogP contribution in [0.25, 0.3) is 10.3 Å². The van der Waals surface area contributed by atoms with Crippen molar-refractivity contribution in [3.63, 3.8) is 0 Å². The van der Waals surface area contributed by atoms with Crippen LogP contribution in [0.1, 0.15) is 36.1 Å². The number of nitrogens with zero attached hydrogens (tertiary/aromatic N) is 3. The molecule has 0 aromatic carbocycles. The molecule has 4 N–H and O–H groups in total. The number of rotatable bonds is 7. The normalized spacial score (nSPS) is 13.6. The van der Waals surface area contributed by atoms with E-state index >= 15 is 0 Å². The van der Waals surface area contributed by atoms with E-state index in [1.54, 1.807) is 13.8 Å². The van der Waals surface area contributed by atoms with E-state index in [9.17, 15) is 18.0 Å². The first-order chi connectivity index (χ1) is 15.5. The number of nitrogens with two attached hydrogens (primary N) is 1. The number of nitrogens with one attached hydrogen (secondary N) is 2. The van der Waals surface area contributed by atoms with Crippen molar-refractivity contribution in [3.05, 3.63) is 34.6 Å². The molecule has 9 nitrogen and oxygen atoms in total. The van der Waals surface area contributed by atoms with Crippen LogP contribution in [0.2, 0.25) is 0 Å². The number of pyridine rings is 2. The van der Waals surface area contributed by atoms with Gasteiger partial charge >= 0.3 is 12.2 Å². The number of halogens is 3. The molecule has 0 aliphatic rings. The SMILES string of the molecule is COC(C)c1c(NC(=O)Nc2cnc(OCC(C)N)c(C(F)(F)F)c2)cnc2sc(C)nc12. The third-order valence-corrected chi connectivity index (χ3v) is 5.36. The van der Waals surface area contributed by atoms with E-state index in [1.165, 1.54) is 24.6 Å². The molecule has 0 fully saturated rings. The number of aryl methyl sites for hydroxylation is 1. The van der Waals surface area contributed by atoms with Crippen LogP contribution < -0.4 is 21.1 Å². The molecule has 0 aliphatic heterocycles. The molecule has 3 heterocycles. The zero-order valence-corrected chi connectivity index (χ0v) is 19.1. The Balaban J connectivity index is 1.86. The second-order valence-electron chi connectivity index (χ2n) is 7.29. The van der Waals surface area contributed by atoms with Gasteiger partial charge in [-0.1, -0.05) is 11.3 Å². The Kier molecular flexibility index (Phi) is 7.34. The first-order valence-corrected chi connectivity index (χ1v) is 10.6. The van der Waals surface area contributed by atoms with E-state index in [1.807, 2.05) is 6.92 Å². The Morgan fingerprint density at radius 2 is 1.97 bits per heavy atom. The molecule has 0 radical (unpaired) electrons. The fraction of sp³-hybridized carbons (Fsp3) is 0.400. The summed E-state index contributed by atoms with van der Waals surface area (Å²) >= 11 is 1.39. The maximum atomic E-state index is 13.5. The summed E-state index contributed by atoms with van der Waals surface area (Å²) in [4.78, 5) is 25.7. The second-order valence-corrected chi connectivity index (χ2v) is 8.47. The molecule has 2 unspecified atom stereocenters. The van der Waals surface area contributed by atoms with Crippen LogP contribution in [0, 0.1) is 6.92 Å². The summed E-state index contributed by atoms with van der Waals surface area (Å²) in [6, 6.07) is -0.521. The Morgan fingerprint density at radius 3 is 2.61 bits per heavy atom. The van der Waals surface area contributed by atoms with Crippen molar-refractivity contribution >= 4 is 39.1 Å². The molecule has 2 amide bonds. The lowest BCUT2D eigenvalue weighted by atomic mass is 10.1. The molecular formula is C20H23F3N6O3S. The number of carbonyl (C=O) groups is 1. The molecule has 0 spiro atoms. The summed E-state index contributed by atoms with van der Waals surface area (Å²) in [6.45, 7) is 5.06. The number of anilines is 2. The highest BCUT2D eigenvalue weighted by Crippen LogP contribution is 2.37. The predicted molar refractivity (Wildman–Crippen MR) is 119 cm³/mol. The first-order valence-electron chi connectivity index (χ1n) is 9.82. The van der Waals surface area contributed by atoms with Crippen molar-refractivity contribution in [1.82, 2.24) is 15.0 Å². The second kappa shape index (κ2) is 9.85. The van der Waals surface area contributed by atoms with Gasteiger partial charge in [0.15, 0.2) is 0 Å². The number of hydrogen-bond donors (Lipinski definition) is 3. The topological polar surface area (TPSA) is 124 Å². The minimum atomic E-state index is -4.74. The van der Waals surface area contributed by atoms with Gasteiger partial charge in [-0.15, -0.1) is 0 Å². The molecule has 0 saturated carbocycles. The number of urea groups is 1. The highest BCUT2D eigenvalue weighted by atomic mass is 32.1. The highest BCUT2D eigenvalue weighted by Gasteiger charge is 2.36. The van der Waals surface area contributed by atoms with Gasteiger partial charge in [-0.3, -0.25) is 0 Å². The molecule has 2 atom stereocenters. The quantitative estimate of drug-likeness (QED) is 0.451. The molecule has 178 valence electrons. The van der Waals surface area contributed by atoms with Gasteiger partial charge in [-0.05, 0) is 26.8 Å². The lowest BCUT2D eigenvalue weighted by molar-refractivity contribution is -0.139. The maximum absolute atomic E-state index is 13.5. The van der Waals surface area contributed by atoms with Crippen LogP contribution in [-0.2, 0) is 10.9 Å². The Labute approximate surface area is 191 Å². The molecule has 3 aromatic heterocycles. The molecule has 33 heavy (non-hydrogen) atoms. The van der Waals surface area contributed by atoms with E-state index in [0.717, 1.165) is 17.3 Å². The van der Waals surface area contributed by atoms with Crippen LogP contribution in [0.15, 0.2) is 18.5 Å². The van der Waals surface area contributed by atoms with Crippen LogP contribution in [-0.4, -0.2) is 40.7 Å². The summed E-state index contributed by atoms with van der Waals surface area (Å²) in [6.07, 6.45) is -2.65. The summed E-state index contributed by atoms with van der Waals surface area (Å²) in [5.74, 6) is -0.615. The molecule has 0 bridgehead atoms. The summed E-state index contributed by atoms with van der Waals surface area (Å²) in [5, 5.41) is 5.75. The Morgan fingerprint density at radius 1 is 1.24 bits per heavy atom. The molecular weight excluding hydrogens is 461 g/mol. The minimum absolute atomic E-state index is 0.143. The van der Waals surface area contributed by atoms with E-state index in [2.05, 4.69) is 25.6 Å². The van der Waals surface area contributed by atoms with Gasteiger partial charge in [0, 0.05) is 18.7 Å². The largest absolute Gasteiger partial charge is 0.476 e. The summed E-state index contributed by atoms with van der Waals surface area (Å²) in [5.41, 5.74) is 5.74. The van der Waals surface area contributed by atoms with E-state index < -0.39 is 35.8 Å². The predicted octanol–water partition coefficient (Wildman–Crippen LogP) is 4.49. The van der Waals surface area contributed by atoms with Gasteiger partial charge in [0.25, 0.3) is 0 Å². The fourth-order valence-corrected chi connectivity index (χ4v) is 3.74. The lowest BCUT2D eigenvalue weighted by Gasteiger charge is -2.17. The zero-order valence-electron chi connectivity index (χ0n) is 18.3. The van der Waals surface area contributed by atoms with Gasteiger partial charge < -0.3 is 25.8 Å². The molecule has 13 heteroatoms. The number of aromatic nitrogens is 3. The number of amides is 2. The standard InChI is InChI=1S/C20H23F3N6O3S/c1-9(24)8-32-17-13(20(21,22)23)5-12(6-25-17)28-19(30)29-14-7-26-18-16(27-11(3)33-18)15(14)10(2)31-4/h5-7,9-10H,8,24H2,1-4H3,(H2,28,29,30). The molecule has 3 rings (SSSR count). The van der Waals surface area contributed by atoms with Gasteiger partial charge in [-0.2, -0.15) is 13.2 Å². The smallest absolute Gasteiger partial charge is 0.421 e. The number of thiazole rings is 1. The van der Waals surface area contributed by atoms with Crippen LogP contribution in [0.4, 0.5) is 29.3 Å². The third-order valence-electron chi connectivity index (χ3n) is 4.48. The number of methoxy groups -OCH3 is 1. The van der Waals surface area contributed by atoms with Crippen molar-refractivity contribution in [3.8, 4) is 5.88 Å². The summed E-state index contributed by atoms with van der Waals surface area (Å²) in [7, 11) is 1.51. The fourth-order valence-electron chi connectivity index (χ4n) is 2.96. The van der Waals surface area contributed by atoms with Gasteiger partial charge in [0.1, 0.15) is 22.5 Å². The Bertz CT molecular complexity index is 1150. The average Bonchev–Trinajstić information content (AvgIpc) is 3.11. The average molecular weight is 485 g/mol. The monoisotopic (exact) mass is 484 g/mol. The van der Waals surface area contributed by atoms with Crippen LogP contribution >= 0.6 is 11.3 Å². The number of ether oxygens (including phenoxy) is 2. The number of fused-ring (bicyclic) bond motifs is 1. The van der Waals surface area contributed by atoms with Crippen molar-refractivity contribution in [2.24, 2.45) is 5.73 Å². The molecule has 0 saturated heterocycles. The van der Waals surface area contributed by atoms with Crippen LogP contribution in [0.3, 0.4) is 0 Å². The van der Waals surface area contributed by atoms with Gasteiger partial charge in [-0.25, -0.2) is 19.7 Å². The maximum Gasteiger partial charge on any atom is 0.421 e. The minimum Gasteiger partial charge on any atom is -0.476 e. The van der Waals surface area contributed by atoms with Gasteiger partial charge in [0.05, 0.1) is 34.9 Å². The van der Waals surface area contributed by atoms with Crippen molar-refractivity contribution in [2.75, 3.05) is 24.4 Å². The number of alkyl halides is 3. The van der Waals surface area contributed by atoms with Crippen molar-refractivity contribution < 1.29 is 27.4 Å². The highest BCUT2D eigenvalue weighted by molar-refractivity contribution is 7.18. The zero-order chi connectivity index (χ0) is 24.3. The van der Waals surface area contributed by atoms with E-state index in [4.69, 9.17) is 15.2 Å². The number of hydrogen-bond acceptors (Lipinski definition) is 8. The Hall–Kier alpha value is -3.03. The van der Waals surface area contributed by atoms with Crippen LogP contribution in [0.5, 0.6) is 5.88 Å². The van der Waals surface area contributed by atoms with Crippen molar-refractivity contribution in [1.29, 1.82) is 0 Å². The van der Waals surface area contributed by atoms with E-state index in [0.29, 0.717) is 21.6 Å². The summed E-state index contributed by atoms with van der Waals surface area (Å²) < 4.78 is 50.9. The number of carbonyl (C=O) groups excluding carboxylic acids is 1. The van der Waals surface area contributed by atoms with Gasteiger partial charge in [0.2, 0.25) is 5.88 Å². The molecule has 0 aliphatic carbocycles. The molecule has 3 aromatic rings. The van der Waals surface area contributed by atoms with Crippen molar-refractivity contribution in [2.45, 2.75) is 39.1 Å². The third kappa shape index (κ3) is 5.86. The lowest BCUT2D eigenvalue weighted by Crippen LogP contribution is -2.25.